The fourth-order valence-corrected chi connectivity index (χ4v) is 4.87. The Balaban J connectivity index is 0.000000189. The molecule has 0 bridgehead atoms. The summed E-state index contributed by atoms with van der Waals surface area (Å²) in [5.41, 5.74) is 2.39. The molecule has 7 rings (SSSR count). The van der Waals surface area contributed by atoms with E-state index in [0.29, 0.717) is 45.2 Å². The number of esters is 1. The summed E-state index contributed by atoms with van der Waals surface area (Å²) in [6.07, 6.45) is 5.76. The highest BCUT2D eigenvalue weighted by Crippen LogP contribution is 2.36. The maximum atomic E-state index is 11.9. The molecule has 2 aromatic carbocycles. The van der Waals surface area contributed by atoms with E-state index in [-0.39, 0.29) is 56.1 Å². The van der Waals surface area contributed by atoms with Crippen molar-refractivity contribution in [3.8, 4) is 34.3 Å². The van der Waals surface area contributed by atoms with Crippen LogP contribution in [0, 0.1) is 5.41 Å². The number of amides is 1. The lowest BCUT2D eigenvalue weighted by Crippen LogP contribution is -2.29. The number of anilines is 1. The number of fused-ring (bicyclic) bond motifs is 3. The van der Waals surface area contributed by atoms with E-state index in [2.05, 4.69) is 25.0 Å². The zero-order chi connectivity index (χ0) is 39.0. The Morgan fingerprint density at radius 2 is 1.42 bits per heavy atom. The van der Waals surface area contributed by atoms with E-state index in [4.69, 9.17) is 18.9 Å². The molecule has 0 fully saturated rings. The van der Waals surface area contributed by atoms with Crippen molar-refractivity contribution in [3.63, 3.8) is 0 Å². The van der Waals surface area contributed by atoms with Gasteiger partial charge in [0.05, 0.1) is 34.6 Å². The summed E-state index contributed by atoms with van der Waals surface area (Å²) in [7, 11) is 0. The lowest BCUT2D eigenvalue weighted by atomic mass is 9.95. The third-order valence-corrected chi connectivity index (χ3v) is 7.74. The van der Waals surface area contributed by atoms with Crippen LogP contribution in [-0.2, 0) is 14.3 Å². The first-order valence-electron chi connectivity index (χ1n) is 16.5. The van der Waals surface area contributed by atoms with Gasteiger partial charge < -0.3 is 34.1 Å². The SMILES string of the molecule is C.CC(=O)c1ccc2c(c1)OCO2.CCOC(=O)C(=O)c1cnccc1NC(=O)C(C)(C)C.O=C(O)c1cc(-c2ccc3c(c2)OCO3)nc2ccncc12. The maximum Gasteiger partial charge on any atom is 0.379 e. The van der Waals surface area contributed by atoms with Gasteiger partial charge in [-0.3, -0.25) is 24.4 Å². The summed E-state index contributed by atoms with van der Waals surface area (Å²) in [5.74, 6) is -0.367. The molecular formula is C40H40N4O11. The predicted molar refractivity (Wildman–Crippen MR) is 201 cm³/mol. The molecule has 0 saturated heterocycles. The molecule has 5 heterocycles. The molecule has 0 radical (unpaired) electrons. The molecule has 0 spiro atoms. The third kappa shape index (κ3) is 9.95. The van der Waals surface area contributed by atoms with Gasteiger partial charge in [0.1, 0.15) is 0 Å². The van der Waals surface area contributed by atoms with Crippen LogP contribution in [0.15, 0.2) is 79.4 Å². The number of ether oxygens (including phenoxy) is 5. The second kappa shape index (κ2) is 17.7. The lowest BCUT2D eigenvalue weighted by molar-refractivity contribution is -0.137. The average Bonchev–Trinajstić information content (AvgIpc) is 3.84. The summed E-state index contributed by atoms with van der Waals surface area (Å²) >= 11 is 0. The van der Waals surface area contributed by atoms with Crippen LogP contribution in [0.5, 0.6) is 23.0 Å². The van der Waals surface area contributed by atoms with Crippen LogP contribution in [-0.4, -0.2) is 69.7 Å². The number of carboxylic acids is 1. The van der Waals surface area contributed by atoms with Gasteiger partial charge in [0.25, 0.3) is 5.78 Å². The Bertz CT molecular complexity index is 2250. The van der Waals surface area contributed by atoms with Crippen LogP contribution in [0.2, 0.25) is 0 Å². The number of carboxylic acid groups (broad SMARTS) is 1. The molecule has 2 N–H and O–H groups in total. The largest absolute Gasteiger partial charge is 0.478 e. The standard InChI is InChI=1S/C16H10N2O4.C14H18N2O4.C9H8O3.CH4/c19-16(20)10-6-13(18-12-3-4-17-7-11(10)12)9-1-2-14-15(5-9)22-8-21-14;1-5-20-12(18)11(17)9-8-15-7-6-10(9)16-13(19)14(2,3)4;1-6(10)7-2-3-8-9(4-7)12-5-11-8;/h1-7H,8H2,(H,19,20);6-8H,5H2,1-4H3,(H,15,16,19);2-4H,5H2,1H3;1H4. The number of Topliss-reactive ketones (excluding diaryl/α,β-unsaturated/α-hetero) is 2. The molecular weight excluding hydrogens is 712 g/mol. The Hall–Kier alpha value is -6.90. The van der Waals surface area contributed by atoms with Crippen molar-refractivity contribution >= 4 is 46.0 Å². The molecule has 0 atom stereocenters. The topological polar surface area (TPSA) is 202 Å². The molecule has 15 nitrogen and oxygen atoms in total. The quantitative estimate of drug-likeness (QED) is 0.0999. The first-order chi connectivity index (χ1) is 25.8. The fraction of sp³-hybridized carbons (Fsp3) is 0.250. The number of pyridine rings is 3. The zero-order valence-corrected chi connectivity index (χ0v) is 30.0. The first-order valence-corrected chi connectivity index (χ1v) is 16.5. The first kappa shape index (κ1) is 40.9. The van der Waals surface area contributed by atoms with Crippen LogP contribution in [0.4, 0.5) is 5.69 Å². The van der Waals surface area contributed by atoms with Gasteiger partial charge in [-0.25, -0.2) is 14.6 Å². The molecule has 0 saturated carbocycles. The van der Waals surface area contributed by atoms with E-state index in [0.717, 1.165) is 5.56 Å². The van der Waals surface area contributed by atoms with Crippen LogP contribution < -0.4 is 24.3 Å². The minimum Gasteiger partial charge on any atom is -0.478 e. The normalized spacial score (nSPS) is 11.8. The van der Waals surface area contributed by atoms with E-state index in [1.54, 1.807) is 76.4 Å². The van der Waals surface area contributed by atoms with Crippen LogP contribution in [0.1, 0.15) is 73.1 Å². The highest BCUT2D eigenvalue weighted by atomic mass is 16.7. The number of aromatic carboxylic acids is 1. The van der Waals surface area contributed by atoms with Crippen LogP contribution >= 0.6 is 0 Å². The molecule has 15 heteroatoms. The second-order valence-corrected chi connectivity index (χ2v) is 12.6. The second-order valence-electron chi connectivity index (χ2n) is 12.6. The number of aromatic nitrogens is 3. The Morgan fingerprint density at radius 3 is 2.05 bits per heavy atom. The summed E-state index contributed by atoms with van der Waals surface area (Å²) in [6.45, 7) is 8.92. The molecule has 5 aromatic rings. The number of nitrogens with one attached hydrogen (secondary N) is 1. The Morgan fingerprint density at radius 1 is 0.800 bits per heavy atom. The minimum atomic E-state index is -1.01. The molecule has 0 unspecified atom stereocenters. The van der Waals surface area contributed by atoms with Crippen LogP contribution in [0.3, 0.4) is 0 Å². The minimum absolute atomic E-state index is 0. The van der Waals surface area contributed by atoms with Crippen molar-refractivity contribution in [2.75, 3.05) is 25.5 Å². The monoisotopic (exact) mass is 752 g/mol. The summed E-state index contributed by atoms with van der Waals surface area (Å²) < 4.78 is 25.5. The van der Waals surface area contributed by atoms with Gasteiger partial charge in [-0.2, -0.15) is 0 Å². The smallest absolute Gasteiger partial charge is 0.379 e. The molecule has 55 heavy (non-hydrogen) atoms. The molecule has 0 aliphatic carbocycles. The van der Waals surface area contributed by atoms with Gasteiger partial charge in [0.2, 0.25) is 19.5 Å². The fourth-order valence-electron chi connectivity index (χ4n) is 4.87. The highest BCUT2D eigenvalue weighted by Gasteiger charge is 2.26. The zero-order valence-electron chi connectivity index (χ0n) is 30.0. The van der Waals surface area contributed by atoms with Crippen molar-refractivity contribution in [2.24, 2.45) is 5.41 Å². The van der Waals surface area contributed by atoms with Gasteiger partial charge in [-0.05, 0) is 68.4 Å². The number of ketones is 2. The summed E-state index contributed by atoms with van der Waals surface area (Å²) in [4.78, 5) is 70.0. The van der Waals surface area contributed by atoms with Crippen LogP contribution in [0.25, 0.3) is 22.2 Å². The summed E-state index contributed by atoms with van der Waals surface area (Å²) in [6, 6.07) is 15.3. The maximum absolute atomic E-state index is 11.9. The van der Waals surface area contributed by atoms with E-state index >= 15 is 0 Å². The van der Waals surface area contributed by atoms with Gasteiger partial charge in [-0.15, -0.1) is 0 Å². The number of nitrogens with zero attached hydrogens (tertiary/aromatic N) is 3. The number of hydrogen-bond acceptors (Lipinski definition) is 13. The molecule has 1 amide bonds. The van der Waals surface area contributed by atoms with Crippen molar-refractivity contribution in [3.05, 3.63) is 96.1 Å². The number of hydrogen-bond donors (Lipinski definition) is 2. The molecule has 286 valence electrons. The Labute approximate surface area is 316 Å². The number of rotatable bonds is 7. The summed E-state index contributed by atoms with van der Waals surface area (Å²) in [5, 5.41) is 12.5. The lowest BCUT2D eigenvalue weighted by Gasteiger charge is -2.18. The van der Waals surface area contributed by atoms with E-state index < -0.39 is 23.1 Å². The third-order valence-electron chi connectivity index (χ3n) is 7.74. The highest BCUT2D eigenvalue weighted by molar-refractivity contribution is 6.42. The van der Waals surface area contributed by atoms with E-state index in [9.17, 15) is 29.1 Å². The molecule has 2 aliphatic rings. The molecule has 2 aliphatic heterocycles. The van der Waals surface area contributed by atoms with Crippen molar-refractivity contribution in [2.45, 2.75) is 42.0 Å². The van der Waals surface area contributed by atoms with Gasteiger partial charge in [0.15, 0.2) is 28.8 Å². The van der Waals surface area contributed by atoms with Crippen molar-refractivity contribution in [1.82, 2.24) is 15.0 Å². The predicted octanol–water partition coefficient (Wildman–Crippen LogP) is 6.79. The van der Waals surface area contributed by atoms with Gasteiger partial charge in [-0.1, -0.05) is 28.2 Å². The average molecular weight is 753 g/mol. The van der Waals surface area contributed by atoms with E-state index in [1.165, 1.54) is 31.6 Å². The molecule has 3 aromatic heterocycles. The number of benzene rings is 2. The number of carbonyl (C=O) groups excluding carboxylic acids is 4. The number of carbonyl (C=O) groups is 5. The van der Waals surface area contributed by atoms with Crippen molar-refractivity contribution < 1.29 is 52.8 Å². The van der Waals surface area contributed by atoms with Gasteiger partial charge >= 0.3 is 11.9 Å². The van der Waals surface area contributed by atoms with Crippen molar-refractivity contribution in [1.29, 1.82) is 0 Å². The Kier molecular flexibility index (Phi) is 13.2. The van der Waals surface area contributed by atoms with Gasteiger partial charge in [0, 0.05) is 46.7 Å². The van der Waals surface area contributed by atoms with E-state index in [1.807, 2.05) is 6.07 Å².